The van der Waals surface area contributed by atoms with Crippen LogP contribution in [0.3, 0.4) is 0 Å². The Morgan fingerprint density at radius 3 is 1.38 bits per heavy atom. The predicted octanol–water partition coefficient (Wildman–Crippen LogP) is 6.07. The van der Waals surface area contributed by atoms with E-state index in [1.807, 2.05) is 24.3 Å². The van der Waals surface area contributed by atoms with Gasteiger partial charge in [-0.1, -0.05) is 0 Å². The number of rotatable bonds is 4. The van der Waals surface area contributed by atoms with Crippen LogP contribution in [-0.2, 0) is 54.2 Å². The first-order valence-electron chi connectivity index (χ1n) is 13.7. The summed E-state index contributed by atoms with van der Waals surface area (Å²) in [5.41, 5.74) is 14.5. The number of hydrogen-bond acceptors (Lipinski definition) is 6. The lowest BCUT2D eigenvalue weighted by Crippen LogP contribution is -2.25. The topological polar surface area (TPSA) is 62.7 Å². The minimum atomic E-state index is -0.178. The monoisotopic (exact) mass is 518 g/mol. The third-order valence-electron chi connectivity index (χ3n) is 9.27. The maximum Gasteiger partial charge on any atom is 0.118 e. The molecular weight excluding hydrogens is 488 g/mol. The molecule has 4 heterocycles. The van der Waals surface area contributed by atoms with E-state index >= 15 is 0 Å². The van der Waals surface area contributed by atoms with Crippen LogP contribution in [0.1, 0.15) is 57.6 Å². The zero-order valence-corrected chi connectivity index (χ0v) is 22.3. The van der Waals surface area contributed by atoms with Crippen molar-refractivity contribution in [2.75, 3.05) is 14.2 Å². The van der Waals surface area contributed by atoms with Crippen molar-refractivity contribution >= 4 is 0 Å². The zero-order chi connectivity index (χ0) is 26.1. The van der Waals surface area contributed by atoms with Gasteiger partial charge in [0.05, 0.1) is 68.8 Å². The van der Waals surface area contributed by atoms with Crippen molar-refractivity contribution < 1.29 is 18.9 Å². The van der Waals surface area contributed by atoms with Gasteiger partial charge in [-0.15, -0.1) is 0 Å². The fraction of sp³-hybridized carbons (Fsp3) is 0.333. The number of hydrogen-bond donors (Lipinski definition) is 0. The highest BCUT2D eigenvalue weighted by molar-refractivity contribution is 5.72. The molecule has 4 aliphatic rings. The summed E-state index contributed by atoms with van der Waals surface area (Å²) in [6.45, 7) is 2.56. The number of benzene rings is 2. The number of ether oxygens (including phenoxy) is 4. The van der Waals surface area contributed by atoms with Crippen LogP contribution in [-0.4, -0.2) is 24.2 Å². The molecule has 0 N–H and O–H groups in total. The molecule has 2 aliphatic carbocycles. The van der Waals surface area contributed by atoms with Crippen molar-refractivity contribution in [3.05, 3.63) is 93.3 Å². The Balaban J connectivity index is 1.32. The second-order valence-corrected chi connectivity index (χ2v) is 11.0. The van der Waals surface area contributed by atoms with E-state index in [9.17, 15) is 0 Å². The van der Waals surface area contributed by atoms with Gasteiger partial charge in [0.25, 0.3) is 0 Å². The third-order valence-corrected chi connectivity index (χ3v) is 9.27. The van der Waals surface area contributed by atoms with Crippen molar-refractivity contribution in [1.29, 1.82) is 0 Å². The van der Waals surface area contributed by atoms with Gasteiger partial charge >= 0.3 is 0 Å². The van der Waals surface area contributed by atoms with E-state index < -0.39 is 0 Å². The minimum absolute atomic E-state index is 0.178. The molecule has 6 heteroatoms. The van der Waals surface area contributed by atoms with E-state index in [-0.39, 0.29) is 5.41 Å². The fourth-order valence-corrected chi connectivity index (χ4v) is 7.29. The summed E-state index contributed by atoms with van der Waals surface area (Å²) in [6, 6.07) is 16.5. The van der Waals surface area contributed by atoms with Gasteiger partial charge in [0.2, 0.25) is 0 Å². The number of pyridine rings is 2. The first kappa shape index (κ1) is 23.2. The van der Waals surface area contributed by atoms with Crippen LogP contribution in [0.25, 0.3) is 22.5 Å². The molecule has 2 aliphatic heterocycles. The molecule has 0 bridgehead atoms. The fourth-order valence-electron chi connectivity index (χ4n) is 7.29. The Labute approximate surface area is 227 Å². The third kappa shape index (κ3) is 3.28. The molecule has 6 nitrogen and oxygen atoms in total. The van der Waals surface area contributed by atoms with Gasteiger partial charge in [-0.2, -0.15) is 0 Å². The number of fused-ring (bicyclic) bond motifs is 8. The van der Waals surface area contributed by atoms with Crippen molar-refractivity contribution in [2.45, 2.75) is 57.5 Å². The molecule has 4 aromatic rings. The van der Waals surface area contributed by atoms with E-state index in [1.54, 1.807) is 14.2 Å². The van der Waals surface area contributed by atoms with Gasteiger partial charge < -0.3 is 18.9 Å². The molecule has 0 unspecified atom stereocenters. The van der Waals surface area contributed by atoms with E-state index in [1.165, 1.54) is 44.8 Å². The largest absolute Gasteiger partial charge is 0.497 e. The maximum absolute atomic E-state index is 6.02. The molecule has 0 atom stereocenters. The summed E-state index contributed by atoms with van der Waals surface area (Å²) in [6.07, 6.45) is 4.11. The van der Waals surface area contributed by atoms with Crippen LogP contribution in [0, 0.1) is 0 Å². The highest BCUT2D eigenvalue weighted by atomic mass is 16.5. The molecule has 0 radical (unpaired) electrons. The Hall–Kier alpha value is -3.74. The lowest BCUT2D eigenvalue weighted by molar-refractivity contribution is 0.134. The molecule has 196 valence electrons. The number of aromatic nitrogens is 2. The average molecular weight is 519 g/mol. The Morgan fingerprint density at radius 2 is 0.974 bits per heavy atom. The Morgan fingerprint density at radius 1 is 0.564 bits per heavy atom. The number of methoxy groups -OCH3 is 2. The molecule has 2 aromatic carbocycles. The predicted molar refractivity (Wildman–Crippen MR) is 147 cm³/mol. The van der Waals surface area contributed by atoms with E-state index in [2.05, 4.69) is 24.3 Å². The van der Waals surface area contributed by atoms with E-state index in [0.29, 0.717) is 26.4 Å². The molecule has 0 fully saturated rings. The quantitative estimate of drug-likeness (QED) is 0.327. The van der Waals surface area contributed by atoms with Crippen LogP contribution >= 0.6 is 0 Å². The van der Waals surface area contributed by atoms with Gasteiger partial charge in [0.1, 0.15) is 11.5 Å². The molecule has 0 saturated heterocycles. The van der Waals surface area contributed by atoms with Crippen molar-refractivity contribution in [1.82, 2.24) is 9.97 Å². The first-order valence-corrected chi connectivity index (χ1v) is 13.7. The Kier molecular flexibility index (Phi) is 5.13. The summed E-state index contributed by atoms with van der Waals surface area (Å²) >= 11 is 0. The molecule has 0 amide bonds. The lowest BCUT2D eigenvalue weighted by atomic mass is 9.81. The second-order valence-electron chi connectivity index (χ2n) is 11.0. The summed E-state index contributed by atoms with van der Waals surface area (Å²) in [4.78, 5) is 11.0. The summed E-state index contributed by atoms with van der Waals surface area (Å²) in [7, 11) is 3.40. The molecular formula is C33H30N2O4. The normalized spacial score (nSPS) is 17.7. The summed E-state index contributed by atoms with van der Waals surface area (Å²) in [5.74, 6) is 1.70. The minimum Gasteiger partial charge on any atom is -0.497 e. The van der Waals surface area contributed by atoms with Crippen molar-refractivity contribution in [3.8, 4) is 34.0 Å². The molecule has 2 aromatic heterocycles. The van der Waals surface area contributed by atoms with E-state index in [0.717, 1.165) is 59.7 Å². The highest BCUT2D eigenvalue weighted by Crippen LogP contribution is 2.55. The summed E-state index contributed by atoms with van der Waals surface area (Å²) < 4.78 is 22.9. The highest BCUT2D eigenvalue weighted by Gasteiger charge is 2.50. The maximum atomic E-state index is 6.02. The van der Waals surface area contributed by atoms with Gasteiger partial charge in [0.15, 0.2) is 0 Å². The standard InChI is InChI=1S/C33H30N2O4/c1-36-21-7-3-19(4-8-21)29-27-17-38-15-25(27)23-11-13-33(31(23)34-29)14-12-24-26-16-39-18-28(26)30(35-32(24)33)20-5-9-22(37-2)10-6-20/h3-10H,11-18H2,1-2H3. The van der Waals surface area contributed by atoms with Crippen LogP contribution in [0.2, 0.25) is 0 Å². The van der Waals surface area contributed by atoms with Crippen molar-refractivity contribution in [2.24, 2.45) is 0 Å². The SMILES string of the molecule is COc1ccc(-c2nc3c(c4c2COC4)CCC32CCc3c2nc(-c2ccc(OC)cc2)c2c3COC2)cc1. The van der Waals surface area contributed by atoms with Gasteiger partial charge in [-0.05, 0) is 96.5 Å². The van der Waals surface area contributed by atoms with Crippen LogP contribution < -0.4 is 9.47 Å². The summed E-state index contributed by atoms with van der Waals surface area (Å²) in [5, 5.41) is 0. The smallest absolute Gasteiger partial charge is 0.118 e. The van der Waals surface area contributed by atoms with Crippen LogP contribution in [0.5, 0.6) is 11.5 Å². The molecule has 39 heavy (non-hydrogen) atoms. The molecule has 0 saturated carbocycles. The Bertz CT molecular complexity index is 1500. The second kappa shape index (κ2) is 8.63. The lowest BCUT2D eigenvalue weighted by Gasteiger charge is -2.26. The van der Waals surface area contributed by atoms with Crippen LogP contribution in [0.15, 0.2) is 48.5 Å². The average Bonchev–Trinajstić information content (AvgIpc) is 3.79. The van der Waals surface area contributed by atoms with Gasteiger partial charge in [-0.3, -0.25) is 9.97 Å². The van der Waals surface area contributed by atoms with Crippen molar-refractivity contribution in [3.63, 3.8) is 0 Å². The van der Waals surface area contributed by atoms with Gasteiger partial charge in [0, 0.05) is 22.3 Å². The number of nitrogens with zero attached hydrogens (tertiary/aromatic N) is 2. The van der Waals surface area contributed by atoms with Gasteiger partial charge in [-0.25, -0.2) is 0 Å². The van der Waals surface area contributed by atoms with E-state index in [4.69, 9.17) is 28.9 Å². The molecule has 8 rings (SSSR count). The molecule has 1 spiro atoms. The zero-order valence-electron chi connectivity index (χ0n) is 22.3. The van der Waals surface area contributed by atoms with Crippen LogP contribution in [0.4, 0.5) is 0 Å². The first-order chi connectivity index (χ1) is 19.2.